The monoisotopic (exact) mass is 284 g/mol. The van der Waals surface area contributed by atoms with Gasteiger partial charge in [-0.25, -0.2) is 9.97 Å². The summed E-state index contributed by atoms with van der Waals surface area (Å²) in [6.45, 7) is 4.01. The van der Waals surface area contributed by atoms with Gasteiger partial charge in [0.25, 0.3) is 0 Å². The lowest BCUT2D eigenvalue weighted by atomic mass is 10.2. The van der Waals surface area contributed by atoms with Gasteiger partial charge in [0.05, 0.1) is 11.8 Å². The SMILES string of the molecule is CCCc1c(Cl)nc(-c2cnn(C)c2C)nc1Cl. The van der Waals surface area contributed by atoms with Crippen molar-refractivity contribution in [3.8, 4) is 11.4 Å². The largest absolute Gasteiger partial charge is 0.272 e. The normalized spacial score (nSPS) is 10.9. The van der Waals surface area contributed by atoms with E-state index < -0.39 is 0 Å². The van der Waals surface area contributed by atoms with Crippen molar-refractivity contribution in [2.24, 2.45) is 7.05 Å². The van der Waals surface area contributed by atoms with Gasteiger partial charge in [-0.1, -0.05) is 36.5 Å². The van der Waals surface area contributed by atoms with Crippen LogP contribution in [0.25, 0.3) is 11.4 Å². The molecule has 0 aromatic carbocycles. The molecule has 0 fully saturated rings. The maximum absolute atomic E-state index is 6.16. The van der Waals surface area contributed by atoms with Crippen molar-refractivity contribution in [1.29, 1.82) is 0 Å². The minimum absolute atomic E-state index is 0.426. The second kappa shape index (κ2) is 5.24. The second-order valence-corrected chi connectivity index (χ2v) is 4.84. The third kappa shape index (κ3) is 2.35. The van der Waals surface area contributed by atoms with Gasteiger partial charge in [0, 0.05) is 18.3 Å². The van der Waals surface area contributed by atoms with Gasteiger partial charge in [0.1, 0.15) is 10.3 Å². The van der Waals surface area contributed by atoms with Crippen LogP contribution in [0.15, 0.2) is 6.20 Å². The Morgan fingerprint density at radius 1 is 1.22 bits per heavy atom. The zero-order chi connectivity index (χ0) is 13.3. The van der Waals surface area contributed by atoms with E-state index >= 15 is 0 Å². The lowest BCUT2D eigenvalue weighted by molar-refractivity contribution is 0.740. The summed E-state index contributed by atoms with van der Waals surface area (Å²) in [6.07, 6.45) is 3.45. The van der Waals surface area contributed by atoms with Crippen molar-refractivity contribution >= 4 is 23.2 Å². The fraction of sp³-hybridized carbons (Fsp3) is 0.417. The van der Waals surface area contributed by atoms with Gasteiger partial charge in [-0.2, -0.15) is 5.10 Å². The first-order valence-corrected chi connectivity index (χ1v) is 6.51. The minimum atomic E-state index is 0.426. The van der Waals surface area contributed by atoms with Crippen LogP contribution in [0.3, 0.4) is 0 Å². The van der Waals surface area contributed by atoms with E-state index in [1.807, 2.05) is 14.0 Å². The topological polar surface area (TPSA) is 43.6 Å². The lowest BCUT2D eigenvalue weighted by Gasteiger charge is -2.07. The zero-order valence-electron chi connectivity index (χ0n) is 10.5. The molecule has 0 bridgehead atoms. The van der Waals surface area contributed by atoms with Gasteiger partial charge >= 0.3 is 0 Å². The molecular formula is C12H14Cl2N4. The molecule has 0 N–H and O–H groups in total. The molecule has 0 spiro atoms. The lowest BCUT2D eigenvalue weighted by Crippen LogP contribution is -1.99. The van der Waals surface area contributed by atoms with E-state index in [0.29, 0.717) is 16.1 Å². The standard InChI is InChI=1S/C12H14Cl2N4/c1-4-5-8-10(13)16-12(17-11(8)14)9-6-15-18(3)7(9)2/h6H,4-5H2,1-3H3. The molecule has 0 unspecified atom stereocenters. The highest BCUT2D eigenvalue weighted by Crippen LogP contribution is 2.27. The van der Waals surface area contributed by atoms with Crippen molar-refractivity contribution in [3.63, 3.8) is 0 Å². The predicted molar refractivity (Wildman–Crippen MR) is 73.0 cm³/mol. The van der Waals surface area contributed by atoms with Crippen molar-refractivity contribution in [2.75, 3.05) is 0 Å². The number of aromatic nitrogens is 4. The highest BCUT2D eigenvalue weighted by molar-refractivity contribution is 6.34. The average molecular weight is 285 g/mol. The summed E-state index contributed by atoms with van der Waals surface area (Å²) in [6, 6.07) is 0. The van der Waals surface area contributed by atoms with Crippen molar-refractivity contribution in [3.05, 3.63) is 27.8 Å². The van der Waals surface area contributed by atoms with E-state index in [4.69, 9.17) is 23.2 Å². The summed E-state index contributed by atoms with van der Waals surface area (Å²) in [5.41, 5.74) is 2.64. The molecule has 0 atom stereocenters. The number of hydrogen-bond acceptors (Lipinski definition) is 3. The van der Waals surface area contributed by atoms with Crippen LogP contribution in [0.5, 0.6) is 0 Å². The molecule has 0 aliphatic carbocycles. The van der Waals surface area contributed by atoms with Crippen LogP contribution in [0.4, 0.5) is 0 Å². The van der Waals surface area contributed by atoms with Crippen LogP contribution in [0.2, 0.25) is 10.3 Å². The molecule has 0 radical (unpaired) electrons. The van der Waals surface area contributed by atoms with E-state index in [0.717, 1.165) is 29.7 Å². The molecule has 0 aliphatic heterocycles. The molecule has 96 valence electrons. The van der Waals surface area contributed by atoms with Crippen molar-refractivity contribution in [2.45, 2.75) is 26.7 Å². The quantitative estimate of drug-likeness (QED) is 0.811. The molecule has 2 aromatic heterocycles. The van der Waals surface area contributed by atoms with Crippen molar-refractivity contribution < 1.29 is 0 Å². The van der Waals surface area contributed by atoms with Crippen LogP contribution in [0, 0.1) is 6.92 Å². The van der Waals surface area contributed by atoms with E-state index in [-0.39, 0.29) is 0 Å². The first kappa shape index (κ1) is 13.3. The second-order valence-electron chi connectivity index (χ2n) is 4.12. The van der Waals surface area contributed by atoms with Crippen molar-refractivity contribution in [1.82, 2.24) is 19.7 Å². The summed E-state index contributed by atoms with van der Waals surface area (Å²) < 4.78 is 1.76. The Labute approximate surface area is 116 Å². The summed E-state index contributed by atoms with van der Waals surface area (Å²) in [7, 11) is 1.87. The van der Waals surface area contributed by atoms with Crippen LogP contribution in [-0.4, -0.2) is 19.7 Å². The highest BCUT2D eigenvalue weighted by Gasteiger charge is 2.15. The van der Waals surface area contributed by atoms with Gasteiger partial charge in [0.15, 0.2) is 5.82 Å². The van der Waals surface area contributed by atoms with Crippen LogP contribution >= 0.6 is 23.2 Å². The van der Waals surface area contributed by atoms with Gasteiger partial charge in [-0.05, 0) is 13.3 Å². The Bertz CT molecular complexity index is 554. The molecular weight excluding hydrogens is 271 g/mol. The Kier molecular flexibility index (Phi) is 3.88. The number of halogens is 2. The Morgan fingerprint density at radius 3 is 2.28 bits per heavy atom. The van der Waals surface area contributed by atoms with Gasteiger partial charge in [-0.15, -0.1) is 0 Å². The number of aryl methyl sites for hydroxylation is 1. The summed E-state index contributed by atoms with van der Waals surface area (Å²) in [4.78, 5) is 8.63. The maximum Gasteiger partial charge on any atom is 0.165 e. The molecule has 6 heteroatoms. The fourth-order valence-corrected chi connectivity index (χ4v) is 2.30. The van der Waals surface area contributed by atoms with E-state index in [1.165, 1.54) is 0 Å². The predicted octanol–water partition coefficient (Wildman–Crippen LogP) is 3.44. The maximum atomic E-state index is 6.16. The summed E-state index contributed by atoms with van der Waals surface area (Å²) in [5.74, 6) is 0.524. The third-order valence-electron chi connectivity index (χ3n) is 2.88. The number of nitrogens with zero attached hydrogens (tertiary/aromatic N) is 4. The molecule has 4 nitrogen and oxygen atoms in total. The molecule has 2 heterocycles. The highest BCUT2D eigenvalue weighted by atomic mass is 35.5. The van der Waals surface area contributed by atoms with E-state index in [2.05, 4.69) is 22.0 Å². The molecule has 0 saturated heterocycles. The first-order chi connectivity index (χ1) is 8.54. The van der Waals surface area contributed by atoms with Crippen LogP contribution in [0.1, 0.15) is 24.6 Å². The van der Waals surface area contributed by atoms with Gasteiger partial charge in [0.2, 0.25) is 0 Å². The van der Waals surface area contributed by atoms with Gasteiger partial charge < -0.3 is 0 Å². The molecule has 18 heavy (non-hydrogen) atoms. The number of hydrogen-bond donors (Lipinski definition) is 0. The molecule has 0 saturated carbocycles. The third-order valence-corrected chi connectivity index (χ3v) is 3.51. The number of rotatable bonds is 3. The Balaban J connectivity index is 2.51. The molecule has 0 amide bonds. The summed E-state index contributed by atoms with van der Waals surface area (Å²) >= 11 is 12.3. The fourth-order valence-electron chi connectivity index (χ4n) is 1.73. The first-order valence-electron chi connectivity index (χ1n) is 5.75. The van der Waals surface area contributed by atoms with E-state index in [9.17, 15) is 0 Å². The zero-order valence-corrected chi connectivity index (χ0v) is 12.0. The van der Waals surface area contributed by atoms with E-state index in [1.54, 1.807) is 10.9 Å². The Hall–Kier alpha value is -1.13. The van der Waals surface area contributed by atoms with Crippen LogP contribution < -0.4 is 0 Å². The summed E-state index contributed by atoms with van der Waals surface area (Å²) in [5, 5.41) is 5.01. The van der Waals surface area contributed by atoms with Gasteiger partial charge in [-0.3, -0.25) is 4.68 Å². The molecule has 0 aliphatic rings. The van der Waals surface area contributed by atoms with Crippen LogP contribution in [-0.2, 0) is 13.5 Å². The Morgan fingerprint density at radius 2 is 1.83 bits per heavy atom. The molecule has 2 rings (SSSR count). The minimum Gasteiger partial charge on any atom is -0.272 e. The smallest absolute Gasteiger partial charge is 0.165 e. The average Bonchev–Trinajstić information content (AvgIpc) is 2.65. The molecule has 2 aromatic rings.